The Bertz CT molecular complexity index is 831. The molecule has 0 unspecified atom stereocenters. The third-order valence-electron chi connectivity index (χ3n) is 4.72. The van der Waals surface area contributed by atoms with Gasteiger partial charge in [-0.15, -0.1) is 0 Å². The summed E-state index contributed by atoms with van der Waals surface area (Å²) in [6, 6.07) is 9.72. The number of nitrogens with zero attached hydrogens (tertiary/aromatic N) is 1. The Hall–Kier alpha value is -2.31. The fraction of sp³-hybridized carbons (Fsp3) is 0.350. The van der Waals surface area contributed by atoms with E-state index in [-0.39, 0.29) is 23.5 Å². The highest BCUT2D eigenvalue weighted by Gasteiger charge is 2.30. The standard InChI is InChI=1S/C20H22ClFN2O3/c1-26-14-6-7-15(19(11-14)27-2)18-4-3-9-24(18)12-20(25)23-17-8-5-13(22)10-16(17)21/h5-8,10-11,18H,3-4,9,12H2,1-2H3,(H,23,25)/t18-/m0/s1. The van der Waals surface area contributed by atoms with Gasteiger partial charge in [-0.25, -0.2) is 4.39 Å². The van der Waals surface area contributed by atoms with Gasteiger partial charge in [0.1, 0.15) is 17.3 Å². The molecule has 1 fully saturated rings. The lowest BCUT2D eigenvalue weighted by Crippen LogP contribution is -2.33. The molecule has 0 spiro atoms. The average molecular weight is 393 g/mol. The van der Waals surface area contributed by atoms with Gasteiger partial charge < -0.3 is 14.8 Å². The average Bonchev–Trinajstić information content (AvgIpc) is 3.11. The van der Waals surface area contributed by atoms with Crippen molar-refractivity contribution < 1.29 is 18.7 Å². The summed E-state index contributed by atoms with van der Waals surface area (Å²) in [6.45, 7) is 1.03. The number of ether oxygens (including phenoxy) is 2. The summed E-state index contributed by atoms with van der Waals surface area (Å²) in [5.74, 6) is 0.837. The Balaban J connectivity index is 1.72. The molecule has 2 aromatic rings. The molecule has 1 N–H and O–H groups in total. The minimum Gasteiger partial charge on any atom is -0.497 e. The van der Waals surface area contributed by atoms with Crippen molar-refractivity contribution in [2.24, 2.45) is 0 Å². The number of hydrogen-bond acceptors (Lipinski definition) is 4. The Kier molecular flexibility index (Phi) is 6.19. The van der Waals surface area contributed by atoms with E-state index in [9.17, 15) is 9.18 Å². The summed E-state index contributed by atoms with van der Waals surface area (Å²) in [6.07, 6.45) is 1.93. The number of hydrogen-bond donors (Lipinski definition) is 1. The molecule has 0 radical (unpaired) electrons. The number of halogens is 2. The molecule has 2 aromatic carbocycles. The van der Waals surface area contributed by atoms with E-state index in [1.165, 1.54) is 18.2 Å². The number of amides is 1. The van der Waals surface area contributed by atoms with Crippen LogP contribution < -0.4 is 14.8 Å². The van der Waals surface area contributed by atoms with E-state index in [4.69, 9.17) is 21.1 Å². The summed E-state index contributed by atoms with van der Waals surface area (Å²) in [5.41, 5.74) is 1.43. The highest BCUT2D eigenvalue weighted by Crippen LogP contribution is 2.38. The van der Waals surface area contributed by atoms with Crippen molar-refractivity contribution in [3.63, 3.8) is 0 Å². The maximum atomic E-state index is 13.2. The summed E-state index contributed by atoms with van der Waals surface area (Å²) < 4.78 is 23.9. The van der Waals surface area contributed by atoms with Crippen molar-refractivity contribution in [2.75, 3.05) is 32.6 Å². The van der Waals surface area contributed by atoms with Crippen LogP contribution in [-0.2, 0) is 4.79 Å². The Morgan fingerprint density at radius 3 is 2.78 bits per heavy atom. The maximum Gasteiger partial charge on any atom is 0.238 e. The van der Waals surface area contributed by atoms with E-state index < -0.39 is 5.82 Å². The van der Waals surface area contributed by atoms with Gasteiger partial charge in [0.25, 0.3) is 0 Å². The largest absolute Gasteiger partial charge is 0.497 e. The van der Waals surface area contributed by atoms with Gasteiger partial charge in [0.15, 0.2) is 0 Å². The fourth-order valence-electron chi connectivity index (χ4n) is 3.43. The zero-order valence-electron chi connectivity index (χ0n) is 15.3. The van der Waals surface area contributed by atoms with Crippen LogP contribution in [-0.4, -0.2) is 38.1 Å². The van der Waals surface area contributed by atoms with E-state index in [1.54, 1.807) is 14.2 Å². The molecule has 1 amide bonds. The highest BCUT2D eigenvalue weighted by atomic mass is 35.5. The zero-order chi connectivity index (χ0) is 19.4. The third-order valence-corrected chi connectivity index (χ3v) is 5.03. The van der Waals surface area contributed by atoms with Crippen LogP contribution in [0.2, 0.25) is 5.02 Å². The van der Waals surface area contributed by atoms with Gasteiger partial charge in [-0.1, -0.05) is 17.7 Å². The molecular weight excluding hydrogens is 371 g/mol. The quantitative estimate of drug-likeness (QED) is 0.797. The first-order valence-electron chi connectivity index (χ1n) is 8.72. The van der Waals surface area contributed by atoms with Crippen LogP contribution in [0.5, 0.6) is 11.5 Å². The number of anilines is 1. The van der Waals surface area contributed by atoms with Crippen LogP contribution in [0.15, 0.2) is 36.4 Å². The molecule has 0 bridgehead atoms. The van der Waals surface area contributed by atoms with Crippen LogP contribution in [0.1, 0.15) is 24.4 Å². The van der Waals surface area contributed by atoms with Gasteiger partial charge in [-0.2, -0.15) is 0 Å². The Labute approximate surface area is 163 Å². The van der Waals surface area contributed by atoms with Crippen molar-refractivity contribution in [3.05, 3.63) is 52.8 Å². The number of methoxy groups -OCH3 is 2. The second-order valence-corrected chi connectivity index (χ2v) is 6.82. The second kappa shape index (κ2) is 8.59. The molecular formula is C20H22ClFN2O3. The number of benzene rings is 2. The van der Waals surface area contributed by atoms with E-state index in [1.807, 2.05) is 18.2 Å². The number of rotatable bonds is 6. The summed E-state index contributed by atoms with van der Waals surface area (Å²) >= 11 is 5.99. The van der Waals surface area contributed by atoms with Crippen molar-refractivity contribution >= 4 is 23.2 Å². The number of carbonyl (C=O) groups excluding carboxylic acids is 1. The lowest BCUT2D eigenvalue weighted by molar-refractivity contribution is -0.117. The highest BCUT2D eigenvalue weighted by molar-refractivity contribution is 6.33. The van der Waals surface area contributed by atoms with E-state index in [2.05, 4.69) is 10.2 Å². The first-order valence-corrected chi connectivity index (χ1v) is 9.10. The minimum absolute atomic E-state index is 0.0836. The van der Waals surface area contributed by atoms with Gasteiger partial charge in [0, 0.05) is 17.7 Å². The van der Waals surface area contributed by atoms with Gasteiger partial charge in [0.2, 0.25) is 5.91 Å². The number of likely N-dealkylation sites (tertiary alicyclic amines) is 1. The molecule has 144 valence electrons. The van der Waals surface area contributed by atoms with E-state index >= 15 is 0 Å². The summed E-state index contributed by atoms with van der Waals surface area (Å²) in [7, 11) is 3.24. The molecule has 1 aliphatic rings. The zero-order valence-corrected chi connectivity index (χ0v) is 16.1. The van der Waals surface area contributed by atoms with Crippen LogP contribution in [0.4, 0.5) is 10.1 Å². The molecule has 5 nitrogen and oxygen atoms in total. The predicted octanol–water partition coefficient (Wildman–Crippen LogP) is 4.27. The lowest BCUT2D eigenvalue weighted by Gasteiger charge is -2.26. The molecule has 3 rings (SSSR count). The molecule has 1 saturated heterocycles. The van der Waals surface area contributed by atoms with Crippen molar-refractivity contribution in [1.29, 1.82) is 0 Å². The molecule has 0 aromatic heterocycles. The summed E-state index contributed by atoms with van der Waals surface area (Å²) in [4.78, 5) is 14.6. The second-order valence-electron chi connectivity index (χ2n) is 6.41. The topological polar surface area (TPSA) is 50.8 Å². The summed E-state index contributed by atoms with van der Waals surface area (Å²) in [5, 5.41) is 2.93. The SMILES string of the molecule is COc1ccc([C@@H]2CCCN2CC(=O)Nc2ccc(F)cc2Cl)c(OC)c1. The minimum atomic E-state index is -0.441. The van der Waals surface area contributed by atoms with Crippen LogP contribution in [0.25, 0.3) is 0 Å². The maximum absolute atomic E-state index is 13.2. The molecule has 27 heavy (non-hydrogen) atoms. The number of carbonyl (C=O) groups is 1. The normalized spacial score (nSPS) is 17.0. The fourth-order valence-corrected chi connectivity index (χ4v) is 3.64. The van der Waals surface area contributed by atoms with Crippen molar-refractivity contribution in [2.45, 2.75) is 18.9 Å². The Morgan fingerprint density at radius 1 is 1.26 bits per heavy atom. The molecule has 0 aliphatic carbocycles. The smallest absolute Gasteiger partial charge is 0.238 e. The predicted molar refractivity (Wildman–Crippen MR) is 103 cm³/mol. The Morgan fingerprint density at radius 2 is 2.07 bits per heavy atom. The molecule has 0 saturated carbocycles. The van der Waals surface area contributed by atoms with E-state index in [0.29, 0.717) is 5.69 Å². The van der Waals surface area contributed by atoms with Crippen LogP contribution in [0.3, 0.4) is 0 Å². The first-order chi connectivity index (χ1) is 13.0. The number of nitrogens with one attached hydrogen (secondary N) is 1. The van der Waals surface area contributed by atoms with E-state index in [0.717, 1.165) is 36.4 Å². The molecule has 7 heteroatoms. The lowest BCUT2D eigenvalue weighted by atomic mass is 10.0. The first kappa shape index (κ1) is 19.5. The van der Waals surface area contributed by atoms with Gasteiger partial charge in [-0.05, 0) is 43.7 Å². The molecule has 1 atom stereocenters. The molecule has 1 heterocycles. The molecule has 1 aliphatic heterocycles. The van der Waals surface area contributed by atoms with Crippen LogP contribution >= 0.6 is 11.6 Å². The van der Waals surface area contributed by atoms with Crippen molar-refractivity contribution in [3.8, 4) is 11.5 Å². The van der Waals surface area contributed by atoms with Gasteiger partial charge in [-0.3, -0.25) is 9.69 Å². The van der Waals surface area contributed by atoms with Crippen molar-refractivity contribution in [1.82, 2.24) is 4.90 Å². The monoisotopic (exact) mass is 392 g/mol. The van der Waals surface area contributed by atoms with Gasteiger partial charge >= 0.3 is 0 Å². The third kappa shape index (κ3) is 4.51. The van der Waals surface area contributed by atoms with Gasteiger partial charge in [0.05, 0.1) is 31.5 Å². The van der Waals surface area contributed by atoms with Crippen LogP contribution in [0, 0.1) is 5.82 Å².